The van der Waals surface area contributed by atoms with Crippen molar-refractivity contribution in [3.8, 4) is 0 Å². The lowest BCUT2D eigenvalue weighted by Gasteiger charge is -2.31. The summed E-state index contributed by atoms with van der Waals surface area (Å²) in [7, 11) is 0. The maximum atomic E-state index is 11.4. The Hall–Kier alpha value is -0.280. The number of piperidine rings is 1. The van der Waals surface area contributed by atoms with Crippen LogP contribution in [-0.2, 0) is 4.79 Å². The second kappa shape index (κ2) is 4.82. The van der Waals surface area contributed by atoms with Gasteiger partial charge in [-0.2, -0.15) is 0 Å². The molecule has 1 N–H and O–H groups in total. The van der Waals surface area contributed by atoms with Crippen molar-refractivity contribution in [1.29, 1.82) is 0 Å². The highest BCUT2D eigenvalue weighted by Crippen LogP contribution is 2.17. The van der Waals surface area contributed by atoms with Crippen molar-refractivity contribution in [2.45, 2.75) is 31.7 Å². The molecule has 0 bridgehead atoms. The van der Waals surface area contributed by atoms with E-state index in [0.29, 0.717) is 11.9 Å². The largest absolute Gasteiger partial charge is 0.338 e. The van der Waals surface area contributed by atoms with E-state index in [1.165, 1.54) is 12.8 Å². The van der Waals surface area contributed by atoms with Crippen LogP contribution in [0.1, 0.15) is 25.7 Å². The predicted molar refractivity (Wildman–Crippen MR) is 54.1 cm³/mol. The minimum absolute atomic E-state index is 0. The number of nitrogens with zero attached hydrogens (tertiary/aromatic N) is 1. The normalized spacial score (nSPS) is 28.8. The average molecular weight is 205 g/mol. The van der Waals surface area contributed by atoms with Crippen LogP contribution in [0.4, 0.5) is 0 Å². The predicted octanol–water partition coefficient (Wildman–Crippen LogP) is 0.783. The van der Waals surface area contributed by atoms with E-state index in [1.807, 2.05) is 0 Å². The zero-order valence-electron chi connectivity index (χ0n) is 7.79. The van der Waals surface area contributed by atoms with Crippen molar-refractivity contribution in [2.75, 3.05) is 19.6 Å². The van der Waals surface area contributed by atoms with Crippen molar-refractivity contribution >= 4 is 18.3 Å². The first-order valence-electron chi connectivity index (χ1n) is 4.88. The average Bonchev–Trinajstić information content (AvgIpc) is 2.53. The minimum Gasteiger partial charge on any atom is -0.338 e. The molecule has 0 unspecified atom stereocenters. The third kappa shape index (κ3) is 2.35. The van der Waals surface area contributed by atoms with Crippen LogP contribution < -0.4 is 5.32 Å². The Kier molecular flexibility index (Phi) is 4.00. The fourth-order valence-electron chi connectivity index (χ4n) is 2.15. The van der Waals surface area contributed by atoms with E-state index < -0.39 is 0 Å². The Morgan fingerprint density at radius 3 is 2.77 bits per heavy atom. The summed E-state index contributed by atoms with van der Waals surface area (Å²) in [6.45, 7) is 3.12. The van der Waals surface area contributed by atoms with Gasteiger partial charge in [0, 0.05) is 25.6 Å². The number of carbonyl (C=O) groups excluding carboxylic acids is 1. The lowest BCUT2D eigenvalue weighted by Crippen LogP contribution is -2.46. The van der Waals surface area contributed by atoms with Gasteiger partial charge in [0.15, 0.2) is 0 Å². The molecule has 0 aromatic carbocycles. The van der Waals surface area contributed by atoms with Crippen LogP contribution in [-0.4, -0.2) is 36.5 Å². The van der Waals surface area contributed by atoms with Gasteiger partial charge in [-0.3, -0.25) is 4.79 Å². The van der Waals surface area contributed by atoms with Crippen LogP contribution in [0.2, 0.25) is 0 Å². The quantitative estimate of drug-likeness (QED) is 0.685. The van der Waals surface area contributed by atoms with E-state index in [9.17, 15) is 4.79 Å². The fourth-order valence-corrected chi connectivity index (χ4v) is 2.15. The Morgan fingerprint density at radius 2 is 2.23 bits per heavy atom. The van der Waals surface area contributed by atoms with Crippen molar-refractivity contribution < 1.29 is 4.79 Å². The SMILES string of the molecule is Cl.O=C1CCCN1[C@@H]1CCCNC1. The second-order valence-electron chi connectivity index (χ2n) is 3.69. The molecule has 2 aliphatic heterocycles. The van der Waals surface area contributed by atoms with E-state index in [-0.39, 0.29) is 12.4 Å². The molecule has 0 saturated carbocycles. The molecular formula is C9H17ClN2O. The van der Waals surface area contributed by atoms with Crippen LogP contribution in [0.15, 0.2) is 0 Å². The number of hydrogen-bond acceptors (Lipinski definition) is 2. The molecule has 0 aromatic rings. The lowest BCUT2D eigenvalue weighted by atomic mass is 10.1. The zero-order valence-corrected chi connectivity index (χ0v) is 8.61. The topological polar surface area (TPSA) is 32.3 Å². The van der Waals surface area contributed by atoms with Gasteiger partial charge >= 0.3 is 0 Å². The fraction of sp³-hybridized carbons (Fsp3) is 0.889. The highest BCUT2D eigenvalue weighted by atomic mass is 35.5. The molecule has 2 rings (SSSR count). The number of likely N-dealkylation sites (tertiary alicyclic amines) is 1. The number of nitrogens with one attached hydrogen (secondary N) is 1. The van der Waals surface area contributed by atoms with Crippen molar-refractivity contribution in [1.82, 2.24) is 10.2 Å². The highest BCUT2D eigenvalue weighted by Gasteiger charge is 2.28. The maximum absolute atomic E-state index is 11.4. The Labute approximate surface area is 85.3 Å². The number of rotatable bonds is 1. The molecule has 0 aliphatic carbocycles. The molecule has 2 heterocycles. The molecule has 3 nitrogen and oxygen atoms in total. The molecule has 0 aromatic heterocycles. The summed E-state index contributed by atoms with van der Waals surface area (Å²) >= 11 is 0. The van der Waals surface area contributed by atoms with Gasteiger partial charge in [-0.1, -0.05) is 0 Å². The Balaban J connectivity index is 0.000000845. The minimum atomic E-state index is 0. The first-order valence-corrected chi connectivity index (χ1v) is 4.88. The van der Waals surface area contributed by atoms with E-state index >= 15 is 0 Å². The molecule has 0 radical (unpaired) electrons. The first-order chi connectivity index (χ1) is 5.88. The smallest absolute Gasteiger partial charge is 0.222 e. The summed E-state index contributed by atoms with van der Waals surface area (Å²) in [5.74, 6) is 0.365. The Morgan fingerprint density at radius 1 is 1.38 bits per heavy atom. The monoisotopic (exact) mass is 204 g/mol. The van der Waals surface area contributed by atoms with Crippen molar-refractivity contribution in [3.63, 3.8) is 0 Å². The number of hydrogen-bond donors (Lipinski definition) is 1. The first kappa shape index (κ1) is 10.8. The van der Waals surface area contributed by atoms with Gasteiger partial charge < -0.3 is 10.2 Å². The summed E-state index contributed by atoms with van der Waals surface area (Å²) in [5, 5.41) is 3.34. The number of amides is 1. The second-order valence-corrected chi connectivity index (χ2v) is 3.69. The Bertz CT molecular complexity index is 180. The molecule has 2 fully saturated rings. The van der Waals surface area contributed by atoms with E-state index in [4.69, 9.17) is 0 Å². The summed E-state index contributed by atoms with van der Waals surface area (Å²) in [5.41, 5.74) is 0. The van der Waals surface area contributed by atoms with Gasteiger partial charge in [0.25, 0.3) is 0 Å². The molecule has 2 aliphatic rings. The van der Waals surface area contributed by atoms with Gasteiger partial charge in [-0.15, -0.1) is 12.4 Å². The standard InChI is InChI=1S/C9H16N2O.ClH/c12-9-4-2-6-11(9)8-3-1-5-10-7-8;/h8,10H,1-7H2;1H/t8-;/m1./s1. The van der Waals surface area contributed by atoms with Crippen LogP contribution in [0, 0.1) is 0 Å². The van der Waals surface area contributed by atoms with Gasteiger partial charge in [-0.25, -0.2) is 0 Å². The van der Waals surface area contributed by atoms with E-state index in [0.717, 1.165) is 32.5 Å². The van der Waals surface area contributed by atoms with Gasteiger partial charge in [0.1, 0.15) is 0 Å². The van der Waals surface area contributed by atoms with Crippen LogP contribution in [0.25, 0.3) is 0 Å². The van der Waals surface area contributed by atoms with Crippen molar-refractivity contribution in [3.05, 3.63) is 0 Å². The molecule has 13 heavy (non-hydrogen) atoms. The summed E-state index contributed by atoms with van der Waals surface area (Å²) in [4.78, 5) is 13.4. The third-order valence-corrected chi connectivity index (χ3v) is 2.82. The lowest BCUT2D eigenvalue weighted by molar-refractivity contribution is -0.129. The van der Waals surface area contributed by atoms with E-state index in [1.54, 1.807) is 0 Å². The molecule has 0 spiro atoms. The number of halogens is 1. The van der Waals surface area contributed by atoms with Gasteiger partial charge in [0.05, 0.1) is 0 Å². The van der Waals surface area contributed by atoms with Gasteiger partial charge in [0.2, 0.25) is 5.91 Å². The molecule has 4 heteroatoms. The van der Waals surface area contributed by atoms with Crippen LogP contribution in [0.5, 0.6) is 0 Å². The summed E-state index contributed by atoms with van der Waals surface area (Å²) < 4.78 is 0. The van der Waals surface area contributed by atoms with E-state index in [2.05, 4.69) is 10.2 Å². The highest BCUT2D eigenvalue weighted by molar-refractivity contribution is 5.85. The molecule has 1 atom stereocenters. The molecule has 2 saturated heterocycles. The van der Waals surface area contributed by atoms with Crippen molar-refractivity contribution in [2.24, 2.45) is 0 Å². The summed E-state index contributed by atoms with van der Waals surface area (Å²) in [6.07, 6.45) is 4.25. The van der Waals surface area contributed by atoms with Crippen LogP contribution >= 0.6 is 12.4 Å². The third-order valence-electron chi connectivity index (χ3n) is 2.82. The van der Waals surface area contributed by atoms with Crippen LogP contribution in [0.3, 0.4) is 0 Å². The summed E-state index contributed by atoms with van der Waals surface area (Å²) in [6, 6.07) is 0.494. The zero-order chi connectivity index (χ0) is 8.39. The molecular weight excluding hydrogens is 188 g/mol. The molecule has 1 amide bonds. The van der Waals surface area contributed by atoms with Gasteiger partial charge in [-0.05, 0) is 25.8 Å². The maximum Gasteiger partial charge on any atom is 0.222 e. The number of carbonyl (C=O) groups is 1. The molecule has 76 valence electrons.